The summed E-state index contributed by atoms with van der Waals surface area (Å²) in [6, 6.07) is 17.1. The van der Waals surface area contributed by atoms with Crippen molar-refractivity contribution in [2.24, 2.45) is 4.99 Å². The Labute approximate surface area is 177 Å². The van der Waals surface area contributed by atoms with Gasteiger partial charge in [-0.2, -0.15) is 0 Å². The Morgan fingerprint density at radius 3 is 2.50 bits per heavy atom. The van der Waals surface area contributed by atoms with Crippen molar-refractivity contribution >= 4 is 11.6 Å². The fraction of sp³-hybridized carbons (Fsp3) is 0.269. The monoisotopic (exact) mass is 395 g/mol. The predicted molar refractivity (Wildman–Crippen MR) is 119 cm³/mol. The minimum Gasteiger partial charge on any atom is -0.334 e. The number of nitrogens with zero attached hydrogens (tertiary/aromatic N) is 3. The van der Waals surface area contributed by atoms with Crippen LogP contribution in [0.15, 0.2) is 53.5 Å². The minimum atomic E-state index is 0.198. The summed E-state index contributed by atoms with van der Waals surface area (Å²) in [6.07, 6.45) is 0.469. The highest BCUT2D eigenvalue weighted by Gasteiger charge is 2.27. The molecule has 0 saturated heterocycles. The van der Waals surface area contributed by atoms with E-state index in [9.17, 15) is 4.79 Å². The van der Waals surface area contributed by atoms with E-state index in [4.69, 9.17) is 4.99 Å². The first kappa shape index (κ1) is 18.7. The molecule has 2 aliphatic heterocycles. The SMILES string of the molecule is Cc1cccc(CN2Cc3cc4c(cc3CC2=O)CN=C4c2cc(C)nc(C)c2)c1. The van der Waals surface area contributed by atoms with Crippen LogP contribution in [-0.2, 0) is 30.8 Å². The van der Waals surface area contributed by atoms with Gasteiger partial charge in [-0.3, -0.25) is 14.8 Å². The van der Waals surface area contributed by atoms with E-state index in [-0.39, 0.29) is 5.91 Å². The summed E-state index contributed by atoms with van der Waals surface area (Å²) >= 11 is 0. The van der Waals surface area contributed by atoms with E-state index in [2.05, 4.69) is 60.4 Å². The first-order chi connectivity index (χ1) is 14.5. The lowest BCUT2D eigenvalue weighted by molar-refractivity contribution is -0.132. The number of aromatic nitrogens is 1. The van der Waals surface area contributed by atoms with Gasteiger partial charge in [0.15, 0.2) is 0 Å². The summed E-state index contributed by atoms with van der Waals surface area (Å²) in [7, 11) is 0. The van der Waals surface area contributed by atoms with Gasteiger partial charge < -0.3 is 4.90 Å². The Kier molecular flexibility index (Phi) is 4.50. The second-order valence-corrected chi connectivity index (χ2v) is 8.50. The molecular formula is C26H25N3O. The zero-order valence-corrected chi connectivity index (χ0v) is 17.7. The lowest BCUT2D eigenvalue weighted by Gasteiger charge is -2.29. The van der Waals surface area contributed by atoms with E-state index in [0.717, 1.165) is 28.2 Å². The number of aryl methyl sites for hydroxylation is 3. The molecule has 3 heterocycles. The summed E-state index contributed by atoms with van der Waals surface area (Å²) in [5.74, 6) is 0.198. The van der Waals surface area contributed by atoms with E-state index in [1.54, 1.807) is 0 Å². The van der Waals surface area contributed by atoms with Crippen LogP contribution in [0.4, 0.5) is 0 Å². The second-order valence-electron chi connectivity index (χ2n) is 8.50. The van der Waals surface area contributed by atoms with Crippen molar-refractivity contribution in [2.45, 2.75) is 46.8 Å². The third-order valence-corrected chi connectivity index (χ3v) is 5.95. The van der Waals surface area contributed by atoms with E-state index in [1.807, 2.05) is 18.7 Å². The van der Waals surface area contributed by atoms with Crippen LogP contribution in [0.3, 0.4) is 0 Å². The number of hydrogen-bond acceptors (Lipinski definition) is 3. The maximum atomic E-state index is 12.8. The smallest absolute Gasteiger partial charge is 0.227 e. The molecule has 4 heteroatoms. The van der Waals surface area contributed by atoms with Crippen LogP contribution in [0.5, 0.6) is 0 Å². The summed E-state index contributed by atoms with van der Waals surface area (Å²) in [4.78, 5) is 24.1. The summed E-state index contributed by atoms with van der Waals surface area (Å²) in [5.41, 5.74) is 11.4. The number of pyridine rings is 1. The Bertz CT molecular complexity index is 1190. The van der Waals surface area contributed by atoms with Crippen LogP contribution in [0.25, 0.3) is 0 Å². The van der Waals surface area contributed by atoms with Gasteiger partial charge in [0.1, 0.15) is 0 Å². The van der Waals surface area contributed by atoms with Gasteiger partial charge in [-0.1, -0.05) is 35.9 Å². The van der Waals surface area contributed by atoms with Gasteiger partial charge in [-0.15, -0.1) is 0 Å². The van der Waals surface area contributed by atoms with Gasteiger partial charge in [0.2, 0.25) is 5.91 Å². The molecule has 3 aromatic rings. The molecule has 0 fully saturated rings. The van der Waals surface area contributed by atoms with Crippen LogP contribution < -0.4 is 0 Å². The van der Waals surface area contributed by atoms with Gasteiger partial charge in [0, 0.05) is 35.6 Å². The number of benzene rings is 2. The fourth-order valence-electron chi connectivity index (χ4n) is 4.61. The third kappa shape index (κ3) is 3.43. The minimum absolute atomic E-state index is 0.198. The molecule has 0 spiro atoms. The van der Waals surface area contributed by atoms with Crippen molar-refractivity contribution in [3.8, 4) is 0 Å². The van der Waals surface area contributed by atoms with Crippen LogP contribution in [0.1, 0.15) is 50.3 Å². The van der Waals surface area contributed by atoms with Crippen LogP contribution in [0, 0.1) is 20.8 Å². The highest BCUT2D eigenvalue weighted by atomic mass is 16.2. The van der Waals surface area contributed by atoms with Gasteiger partial charge in [0.05, 0.1) is 18.7 Å². The molecule has 4 nitrogen and oxygen atoms in total. The molecule has 0 bridgehead atoms. The largest absolute Gasteiger partial charge is 0.334 e. The molecule has 0 atom stereocenters. The van der Waals surface area contributed by atoms with Gasteiger partial charge in [-0.05, 0) is 61.2 Å². The number of carbonyl (C=O) groups is 1. The molecule has 0 unspecified atom stereocenters. The lowest BCUT2D eigenvalue weighted by atomic mass is 9.91. The summed E-state index contributed by atoms with van der Waals surface area (Å²) in [5, 5.41) is 0. The quantitative estimate of drug-likeness (QED) is 0.658. The molecule has 5 rings (SSSR count). The molecule has 2 aromatic carbocycles. The maximum absolute atomic E-state index is 12.8. The standard InChI is InChI=1S/C26H25N3O/c1-16-5-4-6-19(7-16)14-29-15-23-11-24-22(10-20(23)12-25(29)30)13-27-26(24)21-8-17(2)28-18(3)9-21/h4-11H,12-15H2,1-3H3. The van der Waals surface area contributed by atoms with Crippen molar-refractivity contribution in [3.05, 3.63) is 98.9 Å². The number of hydrogen-bond donors (Lipinski definition) is 0. The summed E-state index contributed by atoms with van der Waals surface area (Å²) in [6.45, 7) is 8.12. The van der Waals surface area contributed by atoms with Gasteiger partial charge in [0.25, 0.3) is 0 Å². The molecule has 0 aliphatic carbocycles. The van der Waals surface area contributed by atoms with E-state index in [0.29, 0.717) is 26.1 Å². The zero-order valence-electron chi connectivity index (χ0n) is 17.7. The van der Waals surface area contributed by atoms with E-state index >= 15 is 0 Å². The zero-order chi connectivity index (χ0) is 20.8. The first-order valence-electron chi connectivity index (χ1n) is 10.4. The lowest BCUT2D eigenvalue weighted by Crippen LogP contribution is -2.35. The molecule has 1 amide bonds. The Balaban J connectivity index is 1.47. The molecule has 0 N–H and O–H groups in total. The molecule has 150 valence electrons. The number of fused-ring (bicyclic) bond motifs is 2. The predicted octanol–water partition coefficient (Wildman–Crippen LogP) is 4.44. The fourth-order valence-corrected chi connectivity index (χ4v) is 4.61. The van der Waals surface area contributed by atoms with Crippen molar-refractivity contribution in [1.29, 1.82) is 0 Å². The van der Waals surface area contributed by atoms with Crippen LogP contribution >= 0.6 is 0 Å². The van der Waals surface area contributed by atoms with Crippen molar-refractivity contribution in [2.75, 3.05) is 0 Å². The average Bonchev–Trinajstić information content (AvgIpc) is 3.09. The molecule has 30 heavy (non-hydrogen) atoms. The van der Waals surface area contributed by atoms with Crippen LogP contribution in [0.2, 0.25) is 0 Å². The first-order valence-corrected chi connectivity index (χ1v) is 10.4. The Morgan fingerprint density at radius 1 is 0.933 bits per heavy atom. The maximum Gasteiger partial charge on any atom is 0.227 e. The van der Waals surface area contributed by atoms with Crippen LogP contribution in [-0.4, -0.2) is 21.5 Å². The normalized spacial score (nSPS) is 15.1. The molecular weight excluding hydrogens is 370 g/mol. The summed E-state index contributed by atoms with van der Waals surface area (Å²) < 4.78 is 0. The second kappa shape index (κ2) is 7.21. The molecule has 2 aliphatic rings. The Hall–Kier alpha value is -3.27. The molecule has 0 saturated carbocycles. The van der Waals surface area contributed by atoms with E-state index in [1.165, 1.54) is 27.8 Å². The van der Waals surface area contributed by atoms with E-state index < -0.39 is 0 Å². The molecule has 1 aromatic heterocycles. The highest BCUT2D eigenvalue weighted by Crippen LogP contribution is 2.30. The Morgan fingerprint density at radius 2 is 1.73 bits per heavy atom. The third-order valence-electron chi connectivity index (χ3n) is 5.95. The number of aliphatic imine (C=N–C) groups is 1. The van der Waals surface area contributed by atoms with Crippen molar-refractivity contribution in [1.82, 2.24) is 9.88 Å². The topological polar surface area (TPSA) is 45.6 Å². The highest BCUT2D eigenvalue weighted by molar-refractivity contribution is 6.15. The van der Waals surface area contributed by atoms with Gasteiger partial charge >= 0.3 is 0 Å². The van der Waals surface area contributed by atoms with Gasteiger partial charge in [-0.25, -0.2) is 0 Å². The number of rotatable bonds is 3. The number of amides is 1. The number of carbonyl (C=O) groups excluding carboxylic acids is 1. The van der Waals surface area contributed by atoms with Crippen molar-refractivity contribution in [3.63, 3.8) is 0 Å². The average molecular weight is 396 g/mol. The van der Waals surface area contributed by atoms with Crippen molar-refractivity contribution < 1.29 is 4.79 Å². The molecule has 0 radical (unpaired) electrons.